The molecule has 2 nitrogen and oxygen atoms in total. The van der Waals surface area contributed by atoms with Crippen molar-refractivity contribution in [3.63, 3.8) is 0 Å². The van der Waals surface area contributed by atoms with Gasteiger partial charge in [-0.2, -0.15) is 0 Å². The Balaban J connectivity index is 2.46. The maximum atomic E-state index is 5.16. The number of aryl methyl sites for hydroxylation is 1. The van der Waals surface area contributed by atoms with Crippen LogP contribution in [0.4, 0.5) is 0 Å². The second kappa shape index (κ2) is 7.93. The van der Waals surface area contributed by atoms with Gasteiger partial charge in [0.1, 0.15) is 5.75 Å². The third-order valence-electron chi connectivity index (χ3n) is 3.03. The highest BCUT2D eigenvalue weighted by molar-refractivity contribution is 5.27. The first kappa shape index (κ1) is 14.8. The van der Waals surface area contributed by atoms with Crippen LogP contribution in [0.15, 0.2) is 36.4 Å². The van der Waals surface area contributed by atoms with Crippen molar-refractivity contribution in [1.29, 1.82) is 0 Å². The van der Waals surface area contributed by atoms with Gasteiger partial charge < -0.3 is 10.1 Å². The van der Waals surface area contributed by atoms with Crippen LogP contribution in [0, 0.1) is 0 Å². The first-order valence-electron chi connectivity index (χ1n) is 6.66. The molecule has 0 aromatic heterocycles. The number of hydrogen-bond acceptors (Lipinski definition) is 2. The molecule has 1 aromatic rings. The molecular weight excluding hydrogens is 222 g/mol. The zero-order valence-corrected chi connectivity index (χ0v) is 11.8. The van der Waals surface area contributed by atoms with Crippen molar-refractivity contribution in [2.24, 2.45) is 0 Å². The van der Waals surface area contributed by atoms with Crippen LogP contribution in [-0.4, -0.2) is 19.7 Å². The van der Waals surface area contributed by atoms with E-state index in [1.807, 2.05) is 12.1 Å². The minimum absolute atomic E-state index is 0.537. The third kappa shape index (κ3) is 5.37. The Morgan fingerprint density at radius 3 is 2.50 bits per heavy atom. The van der Waals surface area contributed by atoms with E-state index in [0.29, 0.717) is 6.04 Å². The molecule has 2 heteroatoms. The Bertz CT molecular complexity index is 356. The van der Waals surface area contributed by atoms with Crippen LogP contribution in [0.5, 0.6) is 5.75 Å². The van der Waals surface area contributed by atoms with Crippen molar-refractivity contribution in [3.05, 3.63) is 42.0 Å². The smallest absolute Gasteiger partial charge is 0.118 e. The van der Waals surface area contributed by atoms with E-state index in [2.05, 4.69) is 37.9 Å². The van der Waals surface area contributed by atoms with Crippen molar-refractivity contribution >= 4 is 0 Å². The summed E-state index contributed by atoms with van der Waals surface area (Å²) < 4.78 is 5.16. The Labute approximate surface area is 111 Å². The molecule has 0 fully saturated rings. The van der Waals surface area contributed by atoms with E-state index in [0.717, 1.165) is 31.6 Å². The molecule has 1 aromatic carbocycles. The van der Waals surface area contributed by atoms with Gasteiger partial charge in [-0.05, 0) is 50.4 Å². The average Bonchev–Trinajstić information content (AvgIpc) is 2.36. The average molecular weight is 247 g/mol. The minimum Gasteiger partial charge on any atom is -0.497 e. The van der Waals surface area contributed by atoms with Crippen molar-refractivity contribution < 1.29 is 4.74 Å². The van der Waals surface area contributed by atoms with E-state index in [1.54, 1.807) is 7.11 Å². The normalized spacial score (nSPS) is 12.2. The zero-order chi connectivity index (χ0) is 13.4. The van der Waals surface area contributed by atoms with Gasteiger partial charge in [-0.25, -0.2) is 0 Å². The van der Waals surface area contributed by atoms with Gasteiger partial charge in [0.05, 0.1) is 7.11 Å². The molecule has 0 aliphatic carbocycles. The quantitative estimate of drug-likeness (QED) is 0.709. The van der Waals surface area contributed by atoms with Crippen LogP contribution in [0.1, 0.15) is 32.3 Å². The molecule has 0 saturated heterocycles. The molecule has 0 radical (unpaired) electrons. The summed E-state index contributed by atoms with van der Waals surface area (Å²) in [5.74, 6) is 0.920. The maximum absolute atomic E-state index is 5.16. The predicted molar refractivity (Wildman–Crippen MR) is 78.2 cm³/mol. The molecule has 1 N–H and O–H groups in total. The molecule has 1 rings (SSSR count). The lowest BCUT2D eigenvalue weighted by Crippen LogP contribution is -2.29. The Morgan fingerprint density at radius 1 is 1.33 bits per heavy atom. The fourth-order valence-corrected chi connectivity index (χ4v) is 2.12. The summed E-state index contributed by atoms with van der Waals surface area (Å²) in [5, 5.41) is 3.52. The van der Waals surface area contributed by atoms with Crippen LogP contribution >= 0.6 is 0 Å². The first-order valence-corrected chi connectivity index (χ1v) is 6.66. The summed E-state index contributed by atoms with van der Waals surface area (Å²) in [6, 6.07) is 8.87. The van der Waals surface area contributed by atoms with Gasteiger partial charge in [0.2, 0.25) is 0 Å². The lowest BCUT2D eigenvalue weighted by molar-refractivity contribution is 0.414. The Kier molecular flexibility index (Phi) is 6.51. The van der Waals surface area contributed by atoms with E-state index in [9.17, 15) is 0 Å². The van der Waals surface area contributed by atoms with Gasteiger partial charge in [0.15, 0.2) is 0 Å². The van der Waals surface area contributed by atoms with Crippen molar-refractivity contribution in [2.45, 2.75) is 39.2 Å². The van der Waals surface area contributed by atoms with Gasteiger partial charge in [0.25, 0.3) is 0 Å². The lowest BCUT2D eigenvalue weighted by Gasteiger charge is -2.18. The topological polar surface area (TPSA) is 21.3 Å². The summed E-state index contributed by atoms with van der Waals surface area (Å²) in [6.07, 6.45) is 3.30. The number of benzene rings is 1. The number of methoxy groups -OCH3 is 1. The number of ether oxygens (including phenoxy) is 1. The monoisotopic (exact) mass is 247 g/mol. The number of rotatable bonds is 8. The molecule has 18 heavy (non-hydrogen) atoms. The predicted octanol–water partition coefficient (Wildman–Crippen LogP) is 3.57. The van der Waals surface area contributed by atoms with E-state index in [1.165, 1.54) is 11.1 Å². The van der Waals surface area contributed by atoms with Gasteiger partial charge in [0, 0.05) is 6.04 Å². The molecule has 0 amide bonds. The van der Waals surface area contributed by atoms with Crippen LogP contribution in [0.2, 0.25) is 0 Å². The van der Waals surface area contributed by atoms with Crippen LogP contribution in [0.3, 0.4) is 0 Å². The van der Waals surface area contributed by atoms with E-state index in [-0.39, 0.29) is 0 Å². The fourth-order valence-electron chi connectivity index (χ4n) is 2.12. The van der Waals surface area contributed by atoms with E-state index in [4.69, 9.17) is 4.74 Å². The number of hydrogen-bond donors (Lipinski definition) is 1. The molecular formula is C16H25NO. The molecule has 0 heterocycles. The van der Waals surface area contributed by atoms with Gasteiger partial charge in [-0.15, -0.1) is 6.58 Å². The zero-order valence-electron chi connectivity index (χ0n) is 11.8. The SMILES string of the molecule is C=C(C)CC(CCc1ccc(OC)cc1)NCC. The second-order valence-corrected chi connectivity index (χ2v) is 4.80. The second-order valence-electron chi connectivity index (χ2n) is 4.80. The first-order chi connectivity index (χ1) is 8.65. The molecule has 0 bridgehead atoms. The van der Waals surface area contributed by atoms with Gasteiger partial charge in [-0.1, -0.05) is 24.6 Å². The lowest BCUT2D eigenvalue weighted by atomic mass is 10.0. The Morgan fingerprint density at radius 2 is 2.00 bits per heavy atom. The highest BCUT2D eigenvalue weighted by atomic mass is 16.5. The van der Waals surface area contributed by atoms with E-state index < -0.39 is 0 Å². The summed E-state index contributed by atoms with van der Waals surface area (Å²) in [5.41, 5.74) is 2.61. The molecule has 0 saturated carbocycles. The third-order valence-corrected chi connectivity index (χ3v) is 3.03. The molecule has 0 aliphatic heterocycles. The van der Waals surface area contributed by atoms with Gasteiger partial charge in [-0.3, -0.25) is 0 Å². The summed E-state index contributed by atoms with van der Waals surface area (Å²) in [7, 11) is 1.70. The molecule has 0 spiro atoms. The minimum atomic E-state index is 0.537. The highest BCUT2D eigenvalue weighted by Gasteiger charge is 2.07. The van der Waals surface area contributed by atoms with Gasteiger partial charge >= 0.3 is 0 Å². The molecule has 1 unspecified atom stereocenters. The molecule has 0 aliphatic rings. The summed E-state index contributed by atoms with van der Waals surface area (Å²) >= 11 is 0. The maximum Gasteiger partial charge on any atom is 0.118 e. The van der Waals surface area contributed by atoms with Crippen LogP contribution < -0.4 is 10.1 Å². The fraction of sp³-hybridized carbons (Fsp3) is 0.500. The summed E-state index contributed by atoms with van der Waals surface area (Å²) in [4.78, 5) is 0. The Hall–Kier alpha value is -1.28. The standard InChI is InChI=1S/C16H25NO/c1-5-17-15(12-13(2)3)9-6-14-7-10-16(18-4)11-8-14/h7-8,10-11,15,17H,2,5-6,9,12H2,1,3-4H3. The molecule has 1 atom stereocenters. The van der Waals surface area contributed by atoms with Crippen molar-refractivity contribution in [3.8, 4) is 5.75 Å². The van der Waals surface area contributed by atoms with Crippen molar-refractivity contribution in [2.75, 3.05) is 13.7 Å². The van der Waals surface area contributed by atoms with Crippen molar-refractivity contribution in [1.82, 2.24) is 5.32 Å². The van der Waals surface area contributed by atoms with E-state index >= 15 is 0 Å². The number of nitrogens with one attached hydrogen (secondary N) is 1. The molecule has 100 valence electrons. The summed E-state index contributed by atoms with van der Waals surface area (Å²) in [6.45, 7) is 9.26. The van der Waals surface area contributed by atoms with Crippen LogP contribution in [0.25, 0.3) is 0 Å². The van der Waals surface area contributed by atoms with Crippen LogP contribution in [-0.2, 0) is 6.42 Å². The largest absolute Gasteiger partial charge is 0.497 e. The highest BCUT2D eigenvalue weighted by Crippen LogP contribution is 2.15.